The average molecular weight is 267 g/mol. The van der Waals surface area contributed by atoms with Crippen LogP contribution in [0.3, 0.4) is 0 Å². The summed E-state index contributed by atoms with van der Waals surface area (Å²) in [6.07, 6.45) is 1.21. The van der Waals surface area contributed by atoms with E-state index in [4.69, 9.17) is 10.2 Å². The Morgan fingerprint density at radius 3 is 2.70 bits per heavy atom. The molecule has 0 amide bonds. The third kappa shape index (κ3) is 2.10. The van der Waals surface area contributed by atoms with Crippen molar-refractivity contribution in [1.82, 2.24) is 9.55 Å². The molecule has 1 aliphatic rings. The first-order chi connectivity index (χ1) is 9.42. The van der Waals surface area contributed by atoms with Gasteiger partial charge in [-0.2, -0.15) is 5.26 Å². The van der Waals surface area contributed by atoms with Gasteiger partial charge in [-0.3, -0.25) is 0 Å². The summed E-state index contributed by atoms with van der Waals surface area (Å²) in [7, 11) is 0. The van der Waals surface area contributed by atoms with Crippen molar-refractivity contribution in [2.75, 3.05) is 0 Å². The molecule has 1 aliphatic carbocycles. The second-order valence-electron chi connectivity index (χ2n) is 7.04. The van der Waals surface area contributed by atoms with E-state index in [0.29, 0.717) is 22.8 Å². The second kappa shape index (κ2) is 4.34. The molecule has 1 heterocycles. The first-order valence-electron chi connectivity index (χ1n) is 7.32. The van der Waals surface area contributed by atoms with Gasteiger partial charge in [0, 0.05) is 12.5 Å². The quantitative estimate of drug-likeness (QED) is 0.841. The molecular weight excluding hydrogens is 246 g/mol. The molecule has 0 N–H and O–H groups in total. The number of hydrogen-bond donors (Lipinski definition) is 0. The Balaban J connectivity index is 2.15. The summed E-state index contributed by atoms with van der Waals surface area (Å²) in [6.45, 7) is 10.1. The SMILES string of the molecule is CC(C)Cn1c(C2CC2(C)C)nc2cc(C#N)ccc21. The van der Waals surface area contributed by atoms with Crippen LogP contribution >= 0.6 is 0 Å². The molecule has 0 radical (unpaired) electrons. The summed E-state index contributed by atoms with van der Waals surface area (Å²) in [5.74, 6) is 2.34. The molecule has 1 unspecified atom stereocenters. The highest BCUT2D eigenvalue weighted by Gasteiger charge is 2.49. The van der Waals surface area contributed by atoms with Crippen molar-refractivity contribution >= 4 is 11.0 Å². The van der Waals surface area contributed by atoms with Crippen LogP contribution in [0.5, 0.6) is 0 Å². The number of imidazole rings is 1. The van der Waals surface area contributed by atoms with Crippen LogP contribution in [-0.4, -0.2) is 9.55 Å². The van der Waals surface area contributed by atoms with Gasteiger partial charge in [-0.1, -0.05) is 27.7 Å². The molecule has 1 fully saturated rings. The van der Waals surface area contributed by atoms with E-state index in [2.05, 4.69) is 38.3 Å². The van der Waals surface area contributed by atoms with Gasteiger partial charge < -0.3 is 4.57 Å². The molecule has 3 nitrogen and oxygen atoms in total. The molecule has 1 atom stereocenters. The lowest BCUT2D eigenvalue weighted by atomic mass is 10.1. The number of benzene rings is 1. The van der Waals surface area contributed by atoms with Gasteiger partial charge in [0.05, 0.1) is 22.7 Å². The Morgan fingerprint density at radius 1 is 1.45 bits per heavy atom. The van der Waals surface area contributed by atoms with E-state index >= 15 is 0 Å². The smallest absolute Gasteiger partial charge is 0.113 e. The van der Waals surface area contributed by atoms with E-state index < -0.39 is 0 Å². The van der Waals surface area contributed by atoms with E-state index in [9.17, 15) is 0 Å². The monoisotopic (exact) mass is 267 g/mol. The van der Waals surface area contributed by atoms with Crippen LogP contribution in [0.15, 0.2) is 18.2 Å². The molecule has 3 rings (SSSR count). The molecule has 1 saturated carbocycles. The van der Waals surface area contributed by atoms with Gasteiger partial charge in [0.1, 0.15) is 5.82 Å². The van der Waals surface area contributed by atoms with Gasteiger partial charge >= 0.3 is 0 Å². The fourth-order valence-corrected chi connectivity index (χ4v) is 2.95. The number of nitriles is 1. The first kappa shape index (κ1) is 13.2. The molecule has 20 heavy (non-hydrogen) atoms. The maximum atomic E-state index is 9.04. The van der Waals surface area contributed by atoms with Crippen LogP contribution in [0.1, 0.15) is 51.4 Å². The van der Waals surface area contributed by atoms with Crippen LogP contribution in [0.25, 0.3) is 11.0 Å². The Labute approximate surface area is 120 Å². The van der Waals surface area contributed by atoms with Crippen LogP contribution in [0, 0.1) is 22.7 Å². The standard InChI is InChI=1S/C17H21N3/c1-11(2)10-20-15-6-5-12(9-18)7-14(15)19-16(20)13-8-17(13,3)4/h5-7,11,13H,8,10H2,1-4H3. The predicted molar refractivity (Wildman–Crippen MR) is 80.4 cm³/mol. The van der Waals surface area contributed by atoms with Crippen molar-refractivity contribution < 1.29 is 0 Å². The Bertz CT molecular complexity index is 701. The summed E-state index contributed by atoms with van der Waals surface area (Å²) >= 11 is 0. The Kier molecular flexibility index (Phi) is 2.86. The summed E-state index contributed by atoms with van der Waals surface area (Å²) in [5.41, 5.74) is 3.18. The highest BCUT2D eigenvalue weighted by molar-refractivity contribution is 5.78. The first-order valence-corrected chi connectivity index (χ1v) is 7.32. The van der Waals surface area contributed by atoms with Gasteiger partial charge in [-0.05, 0) is 36.0 Å². The van der Waals surface area contributed by atoms with Crippen molar-refractivity contribution in [3.05, 3.63) is 29.6 Å². The zero-order valence-electron chi connectivity index (χ0n) is 12.6. The molecule has 1 aromatic carbocycles. The van der Waals surface area contributed by atoms with E-state index in [0.717, 1.165) is 17.6 Å². The normalized spacial score (nSPS) is 20.3. The molecule has 0 saturated heterocycles. The number of nitrogens with zero attached hydrogens (tertiary/aromatic N) is 3. The van der Waals surface area contributed by atoms with Crippen LogP contribution in [-0.2, 0) is 6.54 Å². The lowest BCUT2D eigenvalue weighted by Gasteiger charge is -2.12. The van der Waals surface area contributed by atoms with Crippen LogP contribution < -0.4 is 0 Å². The molecule has 104 valence electrons. The van der Waals surface area contributed by atoms with E-state index in [1.54, 1.807) is 0 Å². The number of hydrogen-bond acceptors (Lipinski definition) is 2. The molecule has 0 aliphatic heterocycles. The van der Waals surface area contributed by atoms with E-state index in [1.807, 2.05) is 18.2 Å². The summed E-state index contributed by atoms with van der Waals surface area (Å²) in [5, 5.41) is 9.04. The minimum absolute atomic E-state index is 0.369. The predicted octanol–water partition coefficient (Wildman–Crippen LogP) is 4.08. The van der Waals surface area contributed by atoms with Crippen LogP contribution in [0.4, 0.5) is 0 Å². The molecule has 0 spiro atoms. The maximum absolute atomic E-state index is 9.04. The van der Waals surface area contributed by atoms with Crippen molar-refractivity contribution in [2.24, 2.45) is 11.3 Å². The molecule has 1 aromatic heterocycles. The van der Waals surface area contributed by atoms with Gasteiger partial charge in [0.15, 0.2) is 0 Å². The number of aromatic nitrogens is 2. The molecule has 0 bridgehead atoms. The maximum Gasteiger partial charge on any atom is 0.113 e. The van der Waals surface area contributed by atoms with Crippen LogP contribution in [0.2, 0.25) is 0 Å². The Morgan fingerprint density at radius 2 is 2.15 bits per heavy atom. The minimum atomic E-state index is 0.369. The van der Waals surface area contributed by atoms with Crippen molar-refractivity contribution in [3.63, 3.8) is 0 Å². The molecular formula is C17H21N3. The Hall–Kier alpha value is -1.82. The van der Waals surface area contributed by atoms with E-state index in [-0.39, 0.29) is 0 Å². The van der Waals surface area contributed by atoms with Gasteiger partial charge in [0.2, 0.25) is 0 Å². The third-order valence-electron chi connectivity index (χ3n) is 4.28. The lowest BCUT2D eigenvalue weighted by Crippen LogP contribution is -2.09. The summed E-state index contributed by atoms with van der Waals surface area (Å²) < 4.78 is 2.36. The van der Waals surface area contributed by atoms with Gasteiger partial charge in [-0.25, -0.2) is 4.98 Å². The topological polar surface area (TPSA) is 41.6 Å². The fourth-order valence-electron chi connectivity index (χ4n) is 2.95. The van der Waals surface area contributed by atoms with Crippen molar-refractivity contribution in [3.8, 4) is 6.07 Å². The second-order valence-corrected chi connectivity index (χ2v) is 7.04. The number of fused-ring (bicyclic) bond motifs is 1. The summed E-state index contributed by atoms with van der Waals surface area (Å²) in [4.78, 5) is 4.84. The zero-order valence-corrected chi connectivity index (χ0v) is 12.6. The average Bonchev–Trinajstić information content (AvgIpc) is 2.88. The van der Waals surface area contributed by atoms with Gasteiger partial charge in [-0.15, -0.1) is 0 Å². The van der Waals surface area contributed by atoms with Gasteiger partial charge in [0.25, 0.3) is 0 Å². The lowest BCUT2D eigenvalue weighted by molar-refractivity contribution is 0.504. The summed E-state index contributed by atoms with van der Waals surface area (Å²) in [6, 6.07) is 8.04. The third-order valence-corrected chi connectivity index (χ3v) is 4.28. The highest BCUT2D eigenvalue weighted by atomic mass is 15.1. The van der Waals surface area contributed by atoms with Crippen molar-refractivity contribution in [2.45, 2.75) is 46.6 Å². The van der Waals surface area contributed by atoms with E-state index in [1.165, 1.54) is 12.2 Å². The highest BCUT2D eigenvalue weighted by Crippen LogP contribution is 2.58. The minimum Gasteiger partial charge on any atom is -0.327 e. The van der Waals surface area contributed by atoms with Crippen molar-refractivity contribution in [1.29, 1.82) is 5.26 Å². The molecule has 3 heteroatoms. The zero-order chi connectivity index (χ0) is 14.5. The molecule has 2 aromatic rings. The largest absolute Gasteiger partial charge is 0.327 e. The fraction of sp³-hybridized carbons (Fsp3) is 0.529. The number of rotatable bonds is 3.